The molecule has 0 bridgehead atoms. The van der Waals surface area contributed by atoms with Gasteiger partial charge in [0.15, 0.2) is 17.9 Å². The Balaban J connectivity index is 1.18. The van der Waals surface area contributed by atoms with Gasteiger partial charge in [0.1, 0.15) is 30.2 Å². The molecular weight excluding hydrogens is 424 g/mol. The molecule has 2 aliphatic carbocycles. The third-order valence-corrected chi connectivity index (χ3v) is 7.96. The van der Waals surface area contributed by atoms with E-state index in [-0.39, 0.29) is 24.4 Å². The number of fused-ring (bicyclic) bond motifs is 1. The van der Waals surface area contributed by atoms with Crippen LogP contribution in [0.15, 0.2) is 24.3 Å². The predicted molar refractivity (Wildman–Crippen MR) is 119 cm³/mol. The second-order valence-corrected chi connectivity index (χ2v) is 10.2. The summed E-state index contributed by atoms with van der Waals surface area (Å²) in [6.07, 6.45) is 9.40. The molecule has 0 N–H and O–H groups in total. The number of methoxy groups -OCH3 is 1. The summed E-state index contributed by atoms with van der Waals surface area (Å²) in [5.41, 5.74) is 1.08. The molecule has 6 rings (SSSR count). The molecule has 2 spiro atoms. The predicted octanol–water partition coefficient (Wildman–Crippen LogP) is 4.46. The van der Waals surface area contributed by atoms with E-state index >= 15 is 0 Å². The number of rotatable bonds is 5. The topological polar surface area (TPSA) is 64.6 Å². The van der Waals surface area contributed by atoms with Crippen molar-refractivity contribution in [1.29, 1.82) is 0 Å². The van der Waals surface area contributed by atoms with E-state index in [0.29, 0.717) is 13.2 Å². The van der Waals surface area contributed by atoms with Crippen LogP contribution in [0.5, 0.6) is 5.75 Å². The quantitative estimate of drug-likeness (QED) is 0.643. The summed E-state index contributed by atoms with van der Waals surface area (Å²) < 4.78 is 44.0. The molecule has 0 aromatic heterocycles. The van der Waals surface area contributed by atoms with Crippen LogP contribution in [0.4, 0.5) is 0 Å². The van der Waals surface area contributed by atoms with E-state index < -0.39 is 17.9 Å². The molecule has 3 heterocycles. The fourth-order valence-corrected chi connectivity index (χ4v) is 6.18. The zero-order valence-electron chi connectivity index (χ0n) is 19.5. The molecule has 7 heteroatoms. The third-order valence-electron chi connectivity index (χ3n) is 7.96. The second-order valence-electron chi connectivity index (χ2n) is 10.2. The molecule has 33 heavy (non-hydrogen) atoms. The van der Waals surface area contributed by atoms with E-state index in [1.54, 1.807) is 7.11 Å². The van der Waals surface area contributed by atoms with Crippen molar-refractivity contribution in [2.75, 3.05) is 13.7 Å². The van der Waals surface area contributed by atoms with Crippen LogP contribution >= 0.6 is 0 Å². The van der Waals surface area contributed by atoms with Crippen molar-refractivity contribution in [3.8, 4) is 5.75 Å². The minimum atomic E-state index is -0.516. The van der Waals surface area contributed by atoms with Crippen LogP contribution in [0.25, 0.3) is 0 Å². The molecule has 0 radical (unpaired) electrons. The average Bonchev–Trinajstić information content (AvgIpc) is 3.50. The maximum absolute atomic E-state index is 6.59. The summed E-state index contributed by atoms with van der Waals surface area (Å²) in [4.78, 5) is 0. The largest absolute Gasteiger partial charge is 0.497 e. The van der Waals surface area contributed by atoms with Gasteiger partial charge in [-0.05, 0) is 43.4 Å². The van der Waals surface area contributed by atoms with Crippen molar-refractivity contribution in [2.45, 2.75) is 113 Å². The summed E-state index contributed by atoms with van der Waals surface area (Å²) in [7, 11) is 1.67. The van der Waals surface area contributed by atoms with Crippen molar-refractivity contribution < 1.29 is 33.2 Å². The van der Waals surface area contributed by atoms with Gasteiger partial charge in [-0.25, -0.2) is 0 Å². The number of ether oxygens (including phenoxy) is 7. The molecule has 5 fully saturated rings. The van der Waals surface area contributed by atoms with E-state index in [0.717, 1.165) is 62.7 Å². The lowest BCUT2D eigenvalue weighted by atomic mass is 9.94. The number of hydrogen-bond donors (Lipinski definition) is 0. The minimum Gasteiger partial charge on any atom is -0.497 e. The molecule has 3 aliphatic heterocycles. The first kappa shape index (κ1) is 22.3. The summed E-state index contributed by atoms with van der Waals surface area (Å²) in [6, 6.07) is 7.97. The van der Waals surface area contributed by atoms with Crippen LogP contribution in [-0.2, 0) is 35.0 Å². The summed E-state index contributed by atoms with van der Waals surface area (Å²) in [5, 5.41) is 0. The fourth-order valence-electron chi connectivity index (χ4n) is 6.18. The maximum atomic E-state index is 6.59. The van der Waals surface area contributed by atoms with Crippen LogP contribution in [0, 0.1) is 0 Å². The normalized spacial score (nSPS) is 36.9. The summed E-state index contributed by atoms with van der Waals surface area (Å²) in [5.74, 6) is -0.128. The van der Waals surface area contributed by atoms with Crippen molar-refractivity contribution in [3.05, 3.63) is 29.8 Å². The first-order valence-corrected chi connectivity index (χ1v) is 12.8. The van der Waals surface area contributed by atoms with Gasteiger partial charge in [-0.1, -0.05) is 25.0 Å². The molecule has 0 amide bonds. The Morgan fingerprint density at radius 1 is 0.818 bits per heavy atom. The Labute approximate surface area is 195 Å². The van der Waals surface area contributed by atoms with Gasteiger partial charge in [0.2, 0.25) is 0 Å². The molecule has 1 aromatic rings. The van der Waals surface area contributed by atoms with Gasteiger partial charge in [-0.3, -0.25) is 0 Å². The molecule has 5 aliphatic rings. The zero-order valence-corrected chi connectivity index (χ0v) is 19.5. The fraction of sp³-hybridized carbons (Fsp3) is 0.769. The Bertz CT molecular complexity index is 799. The second kappa shape index (κ2) is 9.10. The lowest BCUT2D eigenvalue weighted by molar-refractivity contribution is -0.263. The lowest BCUT2D eigenvalue weighted by Gasteiger charge is -2.35. The van der Waals surface area contributed by atoms with E-state index in [1.165, 1.54) is 12.8 Å². The molecule has 5 atom stereocenters. The monoisotopic (exact) mass is 460 g/mol. The molecular formula is C26H36O7. The molecule has 1 aromatic carbocycles. The van der Waals surface area contributed by atoms with Gasteiger partial charge in [0, 0.05) is 25.7 Å². The van der Waals surface area contributed by atoms with Gasteiger partial charge in [0.25, 0.3) is 0 Å². The Hall–Kier alpha value is -1.22. The van der Waals surface area contributed by atoms with E-state index in [1.807, 2.05) is 24.3 Å². The SMILES string of the molecule is COc1ccc(CO[C@H]2[C@H]3OC4(CCCCC4)O[C@@H]3O[C@@H]2[C@H]2COC3(CCCCC3)O2)cc1. The Morgan fingerprint density at radius 3 is 2.21 bits per heavy atom. The van der Waals surface area contributed by atoms with Gasteiger partial charge >= 0.3 is 0 Å². The lowest BCUT2D eigenvalue weighted by Crippen LogP contribution is -2.45. The summed E-state index contributed by atoms with van der Waals surface area (Å²) >= 11 is 0. The Kier molecular flexibility index (Phi) is 6.14. The molecule has 3 saturated heterocycles. The Morgan fingerprint density at radius 2 is 1.52 bits per heavy atom. The first-order valence-electron chi connectivity index (χ1n) is 12.8. The van der Waals surface area contributed by atoms with Crippen LogP contribution in [0.3, 0.4) is 0 Å². The molecule has 2 saturated carbocycles. The highest BCUT2D eigenvalue weighted by atomic mass is 16.9. The van der Waals surface area contributed by atoms with Crippen molar-refractivity contribution >= 4 is 0 Å². The van der Waals surface area contributed by atoms with Crippen LogP contribution in [0.1, 0.15) is 69.8 Å². The first-order chi connectivity index (χ1) is 16.2. The molecule has 7 nitrogen and oxygen atoms in total. The highest BCUT2D eigenvalue weighted by Gasteiger charge is 2.61. The number of benzene rings is 1. The highest BCUT2D eigenvalue weighted by Crippen LogP contribution is 2.48. The van der Waals surface area contributed by atoms with Gasteiger partial charge < -0.3 is 33.2 Å². The third kappa shape index (κ3) is 4.32. The zero-order chi connectivity index (χ0) is 22.3. The van der Waals surface area contributed by atoms with E-state index in [4.69, 9.17) is 33.2 Å². The van der Waals surface area contributed by atoms with E-state index in [2.05, 4.69) is 0 Å². The summed E-state index contributed by atoms with van der Waals surface area (Å²) in [6.45, 7) is 0.991. The van der Waals surface area contributed by atoms with Gasteiger partial charge in [-0.2, -0.15) is 0 Å². The van der Waals surface area contributed by atoms with Crippen LogP contribution in [-0.4, -0.2) is 56.0 Å². The standard InChI is InChI=1S/C26H36O7/c1-27-19-10-8-18(9-11-19)16-28-22-21(20-17-29-25(31-20)12-4-2-5-13-25)30-24-23(22)32-26(33-24)14-6-3-7-15-26/h8-11,20-24H,2-7,12-17H2,1H3/t20-,21-,22-,23-,24+/m1/s1. The van der Waals surface area contributed by atoms with Crippen LogP contribution in [0.2, 0.25) is 0 Å². The van der Waals surface area contributed by atoms with E-state index in [9.17, 15) is 0 Å². The smallest absolute Gasteiger partial charge is 0.190 e. The van der Waals surface area contributed by atoms with Crippen molar-refractivity contribution in [1.82, 2.24) is 0 Å². The molecule has 182 valence electrons. The van der Waals surface area contributed by atoms with Crippen LogP contribution < -0.4 is 4.74 Å². The average molecular weight is 461 g/mol. The number of hydrogen-bond acceptors (Lipinski definition) is 7. The van der Waals surface area contributed by atoms with Gasteiger partial charge in [-0.15, -0.1) is 0 Å². The maximum Gasteiger partial charge on any atom is 0.190 e. The molecule has 0 unspecified atom stereocenters. The van der Waals surface area contributed by atoms with Crippen molar-refractivity contribution in [2.24, 2.45) is 0 Å². The highest BCUT2D eigenvalue weighted by molar-refractivity contribution is 5.26. The van der Waals surface area contributed by atoms with Crippen molar-refractivity contribution in [3.63, 3.8) is 0 Å². The van der Waals surface area contributed by atoms with Gasteiger partial charge in [0.05, 0.1) is 20.3 Å². The minimum absolute atomic E-state index is 0.177.